The van der Waals surface area contributed by atoms with E-state index in [2.05, 4.69) is 5.32 Å². The van der Waals surface area contributed by atoms with Crippen LogP contribution in [0.3, 0.4) is 0 Å². The molecule has 0 aromatic heterocycles. The van der Waals surface area contributed by atoms with Gasteiger partial charge in [-0.15, -0.1) is 0 Å². The van der Waals surface area contributed by atoms with Gasteiger partial charge in [-0.1, -0.05) is 18.0 Å². The molecule has 1 aliphatic rings. The first-order valence-corrected chi connectivity index (χ1v) is 10.4. The number of rotatable bonds is 7. The molecule has 2 rings (SSSR count). The standard InChI is InChI=1S/C17H26ClN3O3S/c1-20(2)10-6-9-19-17(22)15-13-14(7-8-16(15)18)25(23,24)21-11-4-3-5-12-21/h7-8,13H,3-6,9-12H2,1-2H3,(H,19,22). The molecule has 1 fully saturated rings. The number of carbonyl (C=O) groups excluding carboxylic acids is 1. The smallest absolute Gasteiger partial charge is 0.252 e. The van der Waals surface area contributed by atoms with Crippen LogP contribution < -0.4 is 5.32 Å². The molecule has 0 aliphatic carbocycles. The van der Waals surface area contributed by atoms with Crippen molar-refractivity contribution >= 4 is 27.5 Å². The Bertz CT molecular complexity index is 701. The van der Waals surface area contributed by atoms with Crippen molar-refractivity contribution < 1.29 is 13.2 Å². The zero-order valence-electron chi connectivity index (χ0n) is 14.8. The van der Waals surface area contributed by atoms with Crippen LogP contribution in [0.25, 0.3) is 0 Å². The lowest BCUT2D eigenvalue weighted by atomic mass is 10.2. The molecular formula is C17H26ClN3O3S. The maximum absolute atomic E-state index is 12.8. The van der Waals surface area contributed by atoms with Gasteiger partial charge in [0.25, 0.3) is 5.91 Å². The molecule has 0 unspecified atom stereocenters. The number of hydrogen-bond donors (Lipinski definition) is 1. The highest BCUT2D eigenvalue weighted by Gasteiger charge is 2.27. The SMILES string of the molecule is CN(C)CCCNC(=O)c1cc(S(=O)(=O)N2CCCCC2)ccc1Cl. The first-order valence-electron chi connectivity index (χ1n) is 8.55. The van der Waals surface area contributed by atoms with Crippen molar-refractivity contribution in [1.82, 2.24) is 14.5 Å². The van der Waals surface area contributed by atoms with E-state index in [4.69, 9.17) is 11.6 Å². The zero-order valence-corrected chi connectivity index (χ0v) is 16.4. The number of nitrogens with one attached hydrogen (secondary N) is 1. The second-order valence-corrected chi connectivity index (χ2v) is 8.86. The highest BCUT2D eigenvalue weighted by atomic mass is 35.5. The van der Waals surface area contributed by atoms with Crippen molar-refractivity contribution in [3.63, 3.8) is 0 Å². The topological polar surface area (TPSA) is 69.7 Å². The quantitative estimate of drug-likeness (QED) is 0.728. The molecule has 0 radical (unpaired) electrons. The molecule has 6 nitrogen and oxygen atoms in total. The number of benzene rings is 1. The van der Waals surface area contributed by atoms with Crippen LogP contribution in [0.1, 0.15) is 36.0 Å². The largest absolute Gasteiger partial charge is 0.352 e. The summed E-state index contributed by atoms with van der Waals surface area (Å²) in [5.74, 6) is -0.348. The van der Waals surface area contributed by atoms with Gasteiger partial charge in [0.15, 0.2) is 0 Å². The van der Waals surface area contributed by atoms with Crippen molar-refractivity contribution in [3.05, 3.63) is 28.8 Å². The fourth-order valence-corrected chi connectivity index (χ4v) is 4.53. The van der Waals surface area contributed by atoms with Crippen LogP contribution in [-0.2, 0) is 10.0 Å². The van der Waals surface area contributed by atoms with Gasteiger partial charge in [0.1, 0.15) is 0 Å². The van der Waals surface area contributed by atoms with E-state index < -0.39 is 10.0 Å². The second kappa shape index (κ2) is 8.98. The van der Waals surface area contributed by atoms with Gasteiger partial charge < -0.3 is 10.2 Å². The maximum Gasteiger partial charge on any atom is 0.252 e. The van der Waals surface area contributed by atoms with Gasteiger partial charge in [0, 0.05) is 19.6 Å². The van der Waals surface area contributed by atoms with Crippen molar-refractivity contribution in [2.24, 2.45) is 0 Å². The number of piperidine rings is 1. The molecule has 0 bridgehead atoms. The normalized spacial score (nSPS) is 16.2. The number of sulfonamides is 1. The van der Waals surface area contributed by atoms with Crippen LogP contribution in [0, 0.1) is 0 Å². The fraction of sp³-hybridized carbons (Fsp3) is 0.588. The first-order chi connectivity index (χ1) is 11.8. The summed E-state index contributed by atoms with van der Waals surface area (Å²) in [5.41, 5.74) is 0.199. The fourth-order valence-electron chi connectivity index (χ4n) is 2.79. The summed E-state index contributed by atoms with van der Waals surface area (Å²) >= 11 is 6.11. The Balaban J connectivity index is 2.12. The van der Waals surface area contributed by atoms with Crippen molar-refractivity contribution in [2.75, 3.05) is 40.3 Å². The van der Waals surface area contributed by atoms with Crippen molar-refractivity contribution in [3.8, 4) is 0 Å². The predicted octanol–water partition coefficient (Wildman–Crippen LogP) is 2.20. The number of amides is 1. The van der Waals surface area contributed by atoms with E-state index in [1.807, 2.05) is 19.0 Å². The van der Waals surface area contributed by atoms with Gasteiger partial charge in [-0.05, 0) is 58.1 Å². The average molecular weight is 388 g/mol. The van der Waals surface area contributed by atoms with E-state index in [-0.39, 0.29) is 21.4 Å². The minimum Gasteiger partial charge on any atom is -0.352 e. The summed E-state index contributed by atoms with van der Waals surface area (Å²) in [7, 11) is 0.349. The molecule has 140 valence electrons. The molecule has 0 atom stereocenters. The van der Waals surface area contributed by atoms with E-state index in [0.717, 1.165) is 32.2 Å². The van der Waals surface area contributed by atoms with E-state index in [1.54, 1.807) is 0 Å². The van der Waals surface area contributed by atoms with Gasteiger partial charge in [-0.25, -0.2) is 8.42 Å². The molecule has 8 heteroatoms. The Hall–Kier alpha value is -1.15. The minimum atomic E-state index is -3.58. The lowest BCUT2D eigenvalue weighted by Crippen LogP contribution is -2.35. The van der Waals surface area contributed by atoms with Crippen LogP contribution in [0.4, 0.5) is 0 Å². The lowest BCUT2D eigenvalue weighted by molar-refractivity contribution is 0.0952. The van der Waals surface area contributed by atoms with Crippen LogP contribution in [0.5, 0.6) is 0 Å². The summed E-state index contributed by atoms with van der Waals surface area (Å²) in [6.45, 7) is 2.42. The molecule has 1 aromatic carbocycles. The van der Waals surface area contributed by atoms with Gasteiger partial charge in [-0.2, -0.15) is 4.31 Å². The Morgan fingerprint density at radius 3 is 2.56 bits per heavy atom. The number of carbonyl (C=O) groups is 1. The Labute approximate surface area is 155 Å². The lowest BCUT2D eigenvalue weighted by Gasteiger charge is -2.26. The van der Waals surface area contributed by atoms with Crippen molar-refractivity contribution in [1.29, 1.82) is 0 Å². The summed E-state index contributed by atoms with van der Waals surface area (Å²) in [6, 6.07) is 4.33. The first kappa shape index (κ1) is 20.2. The third kappa shape index (κ3) is 5.41. The molecule has 1 aliphatic heterocycles. The summed E-state index contributed by atoms with van der Waals surface area (Å²) in [6.07, 6.45) is 3.59. The summed E-state index contributed by atoms with van der Waals surface area (Å²) in [5, 5.41) is 3.05. The van der Waals surface area contributed by atoms with Gasteiger partial charge >= 0.3 is 0 Å². The molecule has 1 amide bonds. The van der Waals surface area contributed by atoms with Crippen molar-refractivity contribution in [2.45, 2.75) is 30.6 Å². The molecule has 1 saturated heterocycles. The molecule has 25 heavy (non-hydrogen) atoms. The number of hydrogen-bond acceptors (Lipinski definition) is 4. The third-order valence-electron chi connectivity index (χ3n) is 4.20. The molecule has 1 heterocycles. The van der Waals surface area contributed by atoms with Crippen LogP contribution in [0.2, 0.25) is 5.02 Å². The van der Waals surface area contributed by atoms with Gasteiger partial charge in [0.2, 0.25) is 10.0 Å². The van der Waals surface area contributed by atoms with Crippen LogP contribution in [0.15, 0.2) is 23.1 Å². The zero-order chi connectivity index (χ0) is 18.4. The second-order valence-electron chi connectivity index (χ2n) is 6.52. The Morgan fingerprint density at radius 2 is 1.92 bits per heavy atom. The average Bonchev–Trinajstić information content (AvgIpc) is 2.59. The predicted molar refractivity (Wildman–Crippen MR) is 99.6 cm³/mol. The Kier molecular flexibility index (Phi) is 7.25. The highest BCUT2D eigenvalue weighted by Crippen LogP contribution is 2.25. The van der Waals surface area contributed by atoms with E-state index in [9.17, 15) is 13.2 Å². The minimum absolute atomic E-state index is 0.122. The monoisotopic (exact) mass is 387 g/mol. The van der Waals surface area contributed by atoms with Gasteiger partial charge in [0.05, 0.1) is 15.5 Å². The Morgan fingerprint density at radius 1 is 1.24 bits per heavy atom. The number of nitrogens with zero attached hydrogens (tertiary/aromatic N) is 2. The molecule has 0 spiro atoms. The number of halogens is 1. The maximum atomic E-state index is 12.8. The molecule has 0 saturated carbocycles. The summed E-state index contributed by atoms with van der Waals surface area (Å²) < 4.78 is 27.0. The summed E-state index contributed by atoms with van der Waals surface area (Å²) in [4.78, 5) is 14.5. The highest BCUT2D eigenvalue weighted by molar-refractivity contribution is 7.89. The van der Waals surface area contributed by atoms with Crippen LogP contribution >= 0.6 is 11.6 Å². The van der Waals surface area contributed by atoms with Crippen LogP contribution in [-0.4, -0.2) is 63.8 Å². The third-order valence-corrected chi connectivity index (χ3v) is 6.43. The molecular weight excluding hydrogens is 362 g/mol. The van der Waals surface area contributed by atoms with E-state index in [1.165, 1.54) is 22.5 Å². The molecule has 1 aromatic rings. The van der Waals surface area contributed by atoms with E-state index in [0.29, 0.717) is 19.6 Å². The van der Waals surface area contributed by atoms with E-state index >= 15 is 0 Å². The molecule has 1 N–H and O–H groups in total. The van der Waals surface area contributed by atoms with Gasteiger partial charge in [-0.3, -0.25) is 4.79 Å².